The maximum Gasteiger partial charge on any atom is 0.294 e. The van der Waals surface area contributed by atoms with Crippen molar-refractivity contribution in [1.29, 1.82) is 0 Å². The highest BCUT2D eigenvalue weighted by atomic mass is 32.2. The summed E-state index contributed by atoms with van der Waals surface area (Å²) in [6, 6.07) is 0. The zero-order valence-corrected chi connectivity index (χ0v) is 42.6. The van der Waals surface area contributed by atoms with Gasteiger partial charge in [0.15, 0.2) is 44.0 Å². The standard InChI is InChI=1S/C42H70O38S/c43-1-7-27-14(50)21(57)37(68-7)75-29-9(3-45)70-39(23(59)16(29)52)77-31-11(5-47)72-41(25(61)18(31)54)79-33-19(55)26(62)42(80-34(33)35(63)81(64,65)66)78-32-12(6-48)71-40(24(60)17(32)53)76-30-10(4-46)69-38(22(58)15(30)51)74-28-8(2-44)67-36(73-27)20(56)13(28)49/h7-63H,1-6H2,(H,64,65,66)/t7-,8-,9-,10-,11-,12-,13-,14-,15-,16-,17-,18-,19-,20-,21-,22+,23-,24+,25-,26-,27-,28-,29-,30-,31-,32-,33+,34+,35?,36-,37-,38-,39-,40-,41-,42+/m1/s1. The fourth-order valence-corrected chi connectivity index (χ4v) is 11.2. The van der Waals surface area contributed by atoms with Gasteiger partial charge in [-0.05, 0) is 0 Å². The predicted molar refractivity (Wildman–Crippen MR) is 239 cm³/mol. The number of hydrogen-bond donors (Lipinski definition) is 22. The van der Waals surface area contributed by atoms with Crippen molar-refractivity contribution in [3.8, 4) is 0 Å². The lowest BCUT2D eigenvalue weighted by molar-refractivity contribution is -0.397. The third-order valence-electron chi connectivity index (χ3n) is 15.1. The molecular weight excluding hydrogens is 1140 g/mol. The van der Waals surface area contributed by atoms with Crippen molar-refractivity contribution in [2.45, 2.75) is 220 Å². The Balaban J connectivity index is 1.11. The third kappa shape index (κ3) is 12.9. The molecule has 38 nitrogen and oxygen atoms in total. The van der Waals surface area contributed by atoms with Gasteiger partial charge in [-0.25, -0.2) is 0 Å². The van der Waals surface area contributed by atoms with Crippen LogP contribution in [-0.4, -0.2) is 380 Å². The lowest BCUT2D eigenvalue weighted by Gasteiger charge is -2.50. The second-order valence-electron chi connectivity index (χ2n) is 20.3. The highest BCUT2D eigenvalue weighted by Crippen LogP contribution is 2.39. The van der Waals surface area contributed by atoms with Gasteiger partial charge in [-0.15, -0.1) is 0 Å². The Morgan fingerprint density at radius 1 is 0.259 bits per heavy atom. The molecule has 0 saturated carbocycles. The molecule has 0 amide bonds. The maximum absolute atomic E-state index is 12.4. The van der Waals surface area contributed by atoms with Crippen LogP contribution >= 0.6 is 0 Å². The Morgan fingerprint density at radius 3 is 0.593 bits per heavy atom. The van der Waals surface area contributed by atoms with Crippen molar-refractivity contribution in [2.75, 3.05) is 39.6 Å². The van der Waals surface area contributed by atoms with Gasteiger partial charge in [0.25, 0.3) is 10.1 Å². The highest BCUT2D eigenvalue weighted by Gasteiger charge is 2.60. The van der Waals surface area contributed by atoms with E-state index in [1.54, 1.807) is 0 Å². The van der Waals surface area contributed by atoms with Crippen molar-refractivity contribution >= 4 is 10.1 Å². The van der Waals surface area contributed by atoms with Gasteiger partial charge in [-0.2, -0.15) is 8.42 Å². The Labute approximate surface area is 456 Å². The van der Waals surface area contributed by atoms with Crippen LogP contribution in [0.15, 0.2) is 0 Å². The molecule has 1 unspecified atom stereocenters. The summed E-state index contributed by atoms with van der Waals surface area (Å²) in [6.45, 7) is -6.77. The predicted octanol–water partition coefficient (Wildman–Crippen LogP) is -16.0. The van der Waals surface area contributed by atoms with E-state index in [4.69, 9.17) is 66.3 Å². The van der Waals surface area contributed by atoms with Crippen LogP contribution in [0.25, 0.3) is 0 Å². The van der Waals surface area contributed by atoms with Crippen molar-refractivity contribution in [3.05, 3.63) is 0 Å². The second kappa shape index (κ2) is 26.9. The highest BCUT2D eigenvalue weighted by molar-refractivity contribution is 7.86. The molecule has 14 bridgehead atoms. The average Bonchev–Trinajstić information content (AvgIpc) is 3.54. The first-order chi connectivity index (χ1) is 38.2. The number of aliphatic hydroxyl groups excluding tert-OH is 21. The lowest BCUT2D eigenvalue weighted by atomic mass is 9.95. The largest absolute Gasteiger partial charge is 0.394 e. The van der Waals surface area contributed by atoms with Crippen molar-refractivity contribution in [2.24, 2.45) is 0 Å². The van der Waals surface area contributed by atoms with Gasteiger partial charge in [-0.1, -0.05) is 0 Å². The maximum atomic E-state index is 12.4. The van der Waals surface area contributed by atoms with E-state index in [2.05, 4.69) is 0 Å². The van der Waals surface area contributed by atoms with E-state index in [0.29, 0.717) is 0 Å². The molecule has 21 saturated heterocycles. The Kier molecular flexibility index (Phi) is 21.7. The normalized spacial score (nSPS) is 53.8. The first-order valence-corrected chi connectivity index (χ1v) is 26.7. The van der Waals surface area contributed by atoms with Gasteiger partial charge >= 0.3 is 0 Å². The van der Waals surface area contributed by atoms with Crippen molar-refractivity contribution < 1.29 is 187 Å². The second-order valence-corrected chi connectivity index (χ2v) is 21.8. The van der Waals surface area contributed by atoms with Gasteiger partial charge in [0.1, 0.15) is 171 Å². The first-order valence-electron chi connectivity index (χ1n) is 25.2. The first kappa shape index (κ1) is 65.5. The summed E-state index contributed by atoms with van der Waals surface area (Å²) in [6.07, 6.45) is -76.1. The molecular formula is C42H70O38S. The van der Waals surface area contributed by atoms with E-state index >= 15 is 0 Å². The summed E-state index contributed by atoms with van der Waals surface area (Å²) >= 11 is 0. The summed E-state index contributed by atoms with van der Waals surface area (Å²) in [4.78, 5) is 0. The average molecular weight is 1220 g/mol. The fourth-order valence-electron chi connectivity index (χ4n) is 10.6. The molecule has 21 aliphatic rings. The monoisotopic (exact) mass is 1210 g/mol. The fraction of sp³-hybridized carbons (Fsp3) is 1.00. The van der Waals surface area contributed by atoms with Crippen LogP contribution in [-0.2, 0) is 76.4 Å². The van der Waals surface area contributed by atoms with Crippen LogP contribution in [0.5, 0.6) is 0 Å². The van der Waals surface area contributed by atoms with Crippen LogP contribution in [0.4, 0.5) is 0 Å². The Hall–Kier alpha value is -1.49. The zero-order chi connectivity index (χ0) is 59.4. The van der Waals surface area contributed by atoms with Gasteiger partial charge in [-0.3, -0.25) is 4.55 Å². The summed E-state index contributed by atoms with van der Waals surface area (Å²) in [5.74, 6) is 0. The minimum Gasteiger partial charge on any atom is -0.394 e. The smallest absolute Gasteiger partial charge is 0.294 e. The molecule has 22 N–H and O–H groups in total. The minimum absolute atomic E-state index is 1.08. The quantitative estimate of drug-likeness (QED) is 0.100. The molecule has 39 heteroatoms. The molecule has 0 aromatic rings. The summed E-state index contributed by atoms with van der Waals surface area (Å²) in [5, 5.41) is 231. The van der Waals surface area contributed by atoms with Crippen LogP contribution in [0.2, 0.25) is 0 Å². The topological polar surface area (TPSA) is 608 Å². The number of rotatable bonds is 8. The molecule has 81 heavy (non-hydrogen) atoms. The molecule has 0 radical (unpaired) electrons. The molecule has 0 aromatic heterocycles. The van der Waals surface area contributed by atoms with Crippen molar-refractivity contribution in [3.63, 3.8) is 0 Å². The molecule has 21 aliphatic heterocycles. The number of aliphatic hydroxyl groups is 21. The van der Waals surface area contributed by atoms with E-state index in [1.165, 1.54) is 0 Å². The van der Waals surface area contributed by atoms with Gasteiger partial charge in [0.05, 0.1) is 39.6 Å². The van der Waals surface area contributed by atoms with Gasteiger partial charge in [0.2, 0.25) is 5.44 Å². The van der Waals surface area contributed by atoms with E-state index in [0.717, 1.165) is 0 Å². The van der Waals surface area contributed by atoms with E-state index < -0.39 is 270 Å². The molecule has 21 rings (SSSR count). The van der Waals surface area contributed by atoms with Crippen molar-refractivity contribution in [1.82, 2.24) is 0 Å². The van der Waals surface area contributed by atoms with E-state index in [-0.39, 0.29) is 0 Å². The van der Waals surface area contributed by atoms with Gasteiger partial charge in [0, 0.05) is 0 Å². The van der Waals surface area contributed by atoms with Crippen LogP contribution in [0.1, 0.15) is 0 Å². The Bertz CT molecular complexity index is 2090. The lowest BCUT2D eigenvalue weighted by Crippen LogP contribution is -2.69. The minimum atomic E-state index is -5.69. The zero-order valence-electron chi connectivity index (χ0n) is 41.8. The molecule has 21 fully saturated rings. The van der Waals surface area contributed by atoms with E-state index in [9.17, 15) is 120 Å². The molecule has 36 atom stereocenters. The summed E-state index contributed by atoms with van der Waals surface area (Å²) < 4.78 is 113. The number of hydrogen-bond acceptors (Lipinski definition) is 37. The molecule has 0 spiro atoms. The van der Waals surface area contributed by atoms with Crippen LogP contribution in [0.3, 0.4) is 0 Å². The SMILES string of the molecule is O=S(=O)(O)C(O)[C@H]1O[C@@H]2O[C@H]3[C@H](O)[C@H](O)[C@@H](O[C@H]4[C@H](O)[C@H](O)[C@@H](O[C@H]5[C@H](O)[C@@H](O)[C@@H](O[C@H]6[C@H](O)[C@@H](O)[C@@H](O[C@H]7[C@H](O)[C@@H](O)[C@@H](O[C@H]8[C@H](O)[C@@H](O)[C@@H](O[C@H]1[C@H](O)[C@H]2O)O[C@@H]8CO)O[C@@H]7CO)O[C@@H]6CO)O[C@@H]5CO)O[C@@H]4CO)O[C@@H]3CO. The molecule has 0 aromatic carbocycles. The van der Waals surface area contributed by atoms with Crippen LogP contribution < -0.4 is 0 Å². The van der Waals surface area contributed by atoms with Crippen LogP contribution in [0, 0.1) is 0 Å². The van der Waals surface area contributed by atoms with Gasteiger partial charge < -0.3 is 174 Å². The Morgan fingerprint density at radius 2 is 0.420 bits per heavy atom. The summed E-state index contributed by atoms with van der Waals surface area (Å²) in [7, 11) is -5.69. The number of ether oxygens (including phenoxy) is 14. The molecule has 0 aliphatic carbocycles. The summed E-state index contributed by atoms with van der Waals surface area (Å²) in [5.41, 5.74) is -3.17. The van der Waals surface area contributed by atoms with E-state index in [1.807, 2.05) is 0 Å². The molecule has 472 valence electrons. The third-order valence-corrected chi connectivity index (χ3v) is 16.0. The molecule has 21 heterocycles.